The van der Waals surface area contributed by atoms with Gasteiger partial charge in [0.15, 0.2) is 5.96 Å². The minimum absolute atomic E-state index is 0.185. The molecule has 2 aliphatic rings. The average Bonchev–Trinajstić information content (AvgIpc) is 2.82. The molecule has 5 N–H and O–H groups in total. The van der Waals surface area contributed by atoms with Gasteiger partial charge in [-0.2, -0.15) is 0 Å². The molecular formula is C12H16N4O. The molecule has 5 heteroatoms. The molecule has 1 aromatic rings. The quantitative estimate of drug-likeness (QED) is 0.661. The zero-order valence-corrected chi connectivity index (χ0v) is 9.52. The third-order valence-electron chi connectivity index (χ3n) is 3.48. The molecule has 1 fully saturated rings. The molecule has 2 aliphatic heterocycles. The average molecular weight is 232 g/mol. The van der Waals surface area contributed by atoms with E-state index in [-0.39, 0.29) is 5.92 Å². The molecule has 0 amide bonds. The van der Waals surface area contributed by atoms with Gasteiger partial charge < -0.3 is 21.5 Å². The summed E-state index contributed by atoms with van der Waals surface area (Å²) in [5.41, 5.74) is 13.5. The number of nitrogens with two attached hydrogens (primary N) is 2. The normalized spacial score (nSPS) is 31.6. The molecule has 0 bridgehead atoms. The molecule has 1 aromatic carbocycles. The van der Waals surface area contributed by atoms with E-state index in [2.05, 4.69) is 10.3 Å². The lowest BCUT2D eigenvalue weighted by Gasteiger charge is -2.36. The van der Waals surface area contributed by atoms with E-state index in [4.69, 9.17) is 16.2 Å². The van der Waals surface area contributed by atoms with Crippen LogP contribution < -0.4 is 16.8 Å². The van der Waals surface area contributed by atoms with Crippen LogP contribution in [0.4, 0.5) is 5.69 Å². The van der Waals surface area contributed by atoms with Crippen molar-refractivity contribution in [1.82, 2.24) is 0 Å². The van der Waals surface area contributed by atoms with Gasteiger partial charge in [-0.25, -0.2) is 4.99 Å². The Bertz CT molecular complexity index is 467. The highest BCUT2D eigenvalue weighted by molar-refractivity contribution is 5.95. The SMILES string of the molecule is NC1=NC(N)(C2CCOC2)c2ccccc2N1. The highest BCUT2D eigenvalue weighted by Crippen LogP contribution is 2.39. The second kappa shape index (κ2) is 3.72. The third kappa shape index (κ3) is 1.59. The van der Waals surface area contributed by atoms with Crippen LogP contribution in [-0.4, -0.2) is 19.2 Å². The van der Waals surface area contributed by atoms with Crippen LogP contribution in [0.1, 0.15) is 12.0 Å². The van der Waals surface area contributed by atoms with E-state index in [9.17, 15) is 0 Å². The molecular weight excluding hydrogens is 216 g/mol. The molecule has 3 rings (SSSR count). The second-order valence-electron chi connectivity index (χ2n) is 4.55. The second-order valence-corrected chi connectivity index (χ2v) is 4.55. The molecule has 1 saturated heterocycles. The Kier molecular flexibility index (Phi) is 2.31. The first-order valence-electron chi connectivity index (χ1n) is 5.78. The largest absolute Gasteiger partial charge is 0.381 e. The summed E-state index contributed by atoms with van der Waals surface area (Å²) in [7, 11) is 0. The van der Waals surface area contributed by atoms with Crippen LogP contribution in [-0.2, 0) is 10.4 Å². The van der Waals surface area contributed by atoms with Crippen LogP contribution in [0.5, 0.6) is 0 Å². The number of aliphatic imine (C=N–C) groups is 1. The van der Waals surface area contributed by atoms with Gasteiger partial charge >= 0.3 is 0 Å². The van der Waals surface area contributed by atoms with Gasteiger partial charge in [0.05, 0.1) is 6.61 Å². The topological polar surface area (TPSA) is 85.7 Å². The van der Waals surface area contributed by atoms with Crippen LogP contribution in [0.25, 0.3) is 0 Å². The number of rotatable bonds is 1. The number of nitrogens with zero attached hydrogens (tertiary/aromatic N) is 1. The van der Waals surface area contributed by atoms with Crippen LogP contribution in [0, 0.1) is 5.92 Å². The van der Waals surface area contributed by atoms with Crippen molar-refractivity contribution in [3.63, 3.8) is 0 Å². The van der Waals surface area contributed by atoms with Gasteiger partial charge in [0.2, 0.25) is 0 Å². The van der Waals surface area contributed by atoms with E-state index in [1.54, 1.807) is 0 Å². The maximum Gasteiger partial charge on any atom is 0.195 e. The van der Waals surface area contributed by atoms with Crippen molar-refractivity contribution in [1.29, 1.82) is 0 Å². The molecule has 0 aliphatic carbocycles. The maximum atomic E-state index is 6.48. The molecule has 0 aromatic heterocycles. The van der Waals surface area contributed by atoms with Crippen molar-refractivity contribution in [2.45, 2.75) is 12.1 Å². The van der Waals surface area contributed by atoms with Gasteiger partial charge in [0.1, 0.15) is 5.66 Å². The number of hydrogen-bond donors (Lipinski definition) is 3. The highest BCUT2D eigenvalue weighted by Gasteiger charge is 2.42. The molecule has 2 atom stereocenters. The van der Waals surface area contributed by atoms with Crippen molar-refractivity contribution >= 4 is 11.6 Å². The number of para-hydroxylation sites is 1. The first kappa shape index (κ1) is 10.6. The number of fused-ring (bicyclic) bond motifs is 1. The predicted molar refractivity (Wildman–Crippen MR) is 66.5 cm³/mol. The molecule has 0 radical (unpaired) electrons. The fourth-order valence-electron chi connectivity index (χ4n) is 2.56. The van der Waals surface area contributed by atoms with Gasteiger partial charge in [0, 0.05) is 23.8 Å². The fraction of sp³-hybridized carbons (Fsp3) is 0.417. The van der Waals surface area contributed by atoms with Crippen molar-refractivity contribution in [2.75, 3.05) is 18.5 Å². The van der Waals surface area contributed by atoms with E-state index in [1.807, 2.05) is 24.3 Å². The lowest BCUT2D eigenvalue weighted by molar-refractivity contribution is 0.164. The summed E-state index contributed by atoms with van der Waals surface area (Å²) < 4.78 is 5.42. The summed E-state index contributed by atoms with van der Waals surface area (Å²) >= 11 is 0. The molecule has 17 heavy (non-hydrogen) atoms. The Labute approximate surface area is 99.8 Å². The first-order chi connectivity index (χ1) is 8.20. The van der Waals surface area contributed by atoms with Crippen molar-refractivity contribution in [2.24, 2.45) is 22.4 Å². The molecule has 90 valence electrons. The third-order valence-corrected chi connectivity index (χ3v) is 3.48. The van der Waals surface area contributed by atoms with Gasteiger partial charge in [-0.3, -0.25) is 0 Å². The van der Waals surface area contributed by atoms with E-state index < -0.39 is 5.66 Å². The summed E-state index contributed by atoms with van der Waals surface area (Å²) in [6.45, 7) is 1.39. The summed E-state index contributed by atoms with van der Waals surface area (Å²) in [6.07, 6.45) is 0.918. The van der Waals surface area contributed by atoms with Crippen LogP contribution in [0.2, 0.25) is 0 Å². The monoisotopic (exact) mass is 232 g/mol. The van der Waals surface area contributed by atoms with E-state index >= 15 is 0 Å². The fourth-order valence-corrected chi connectivity index (χ4v) is 2.56. The Balaban J connectivity index is 2.09. The summed E-state index contributed by atoms with van der Waals surface area (Å²) in [4.78, 5) is 4.42. The van der Waals surface area contributed by atoms with Gasteiger partial charge in [0.25, 0.3) is 0 Å². The summed E-state index contributed by atoms with van der Waals surface area (Å²) in [5, 5.41) is 3.05. The maximum absolute atomic E-state index is 6.48. The molecule has 0 saturated carbocycles. The summed E-state index contributed by atoms with van der Waals surface area (Å²) in [5.74, 6) is 0.558. The Morgan fingerprint density at radius 2 is 2.24 bits per heavy atom. The lowest BCUT2D eigenvalue weighted by atomic mass is 9.84. The van der Waals surface area contributed by atoms with E-state index in [1.165, 1.54) is 0 Å². The van der Waals surface area contributed by atoms with Crippen LogP contribution in [0.15, 0.2) is 29.3 Å². The lowest BCUT2D eigenvalue weighted by Crippen LogP contribution is -2.48. The van der Waals surface area contributed by atoms with Crippen LogP contribution >= 0.6 is 0 Å². The van der Waals surface area contributed by atoms with E-state index in [0.29, 0.717) is 12.6 Å². The number of ether oxygens (including phenoxy) is 1. The minimum atomic E-state index is -0.761. The van der Waals surface area contributed by atoms with E-state index in [0.717, 1.165) is 24.3 Å². The Morgan fingerprint density at radius 3 is 3.00 bits per heavy atom. The van der Waals surface area contributed by atoms with Gasteiger partial charge in [-0.15, -0.1) is 0 Å². The number of hydrogen-bond acceptors (Lipinski definition) is 5. The number of benzene rings is 1. The highest BCUT2D eigenvalue weighted by atomic mass is 16.5. The minimum Gasteiger partial charge on any atom is -0.381 e. The number of guanidine groups is 1. The zero-order chi connectivity index (χ0) is 11.9. The van der Waals surface area contributed by atoms with Gasteiger partial charge in [-0.05, 0) is 12.5 Å². The van der Waals surface area contributed by atoms with Crippen molar-refractivity contribution in [3.05, 3.63) is 29.8 Å². The number of nitrogens with one attached hydrogen (secondary N) is 1. The molecule has 2 heterocycles. The first-order valence-corrected chi connectivity index (χ1v) is 5.78. The van der Waals surface area contributed by atoms with Gasteiger partial charge in [-0.1, -0.05) is 18.2 Å². The summed E-state index contributed by atoms with van der Waals surface area (Å²) in [6, 6.07) is 7.88. The zero-order valence-electron chi connectivity index (χ0n) is 9.52. The van der Waals surface area contributed by atoms with Crippen LogP contribution in [0.3, 0.4) is 0 Å². The molecule has 0 spiro atoms. The van der Waals surface area contributed by atoms with Crippen molar-refractivity contribution < 1.29 is 4.74 Å². The molecule has 5 nitrogen and oxygen atoms in total. The molecule has 2 unspecified atom stereocenters. The Hall–Kier alpha value is -1.59. The standard InChI is InChI=1S/C12H16N4O/c13-11-15-10-4-2-1-3-9(10)12(14,16-11)8-5-6-17-7-8/h1-4,8H,5-7,14H2,(H3,13,15,16). The van der Waals surface area contributed by atoms with Crippen molar-refractivity contribution in [3.8, 4) is 0 Å². The number of anilines is 1. The smallest absolute Gasteiger partial charge is 0.195 e. The predicted octanol–water partition coefficient (Wildman–Crippen LogP) is 0.575. The Morgan fingerprint density at radius 1 is 1.41 bits per heavy atom.